The first kappa shape index (κ1) is 13.0. The molecule has 0 spiro atoms. The van der Waals surface area contributed by atoms with Gasteiger partial charge in [-0.1, -0.05) is 20.8 Å². The molecular weight excluding hydrogens is 200 g/mol. The topological polar surface area (TPSA) is 48.1 Å². The van der Waals surface area contributed by atoms with Crippen molar-refractivity contribution >= 4 is 0 Å². The van der Waals surface area contributed by atoms with Gasteiger partial charge in [-0.2, -0.15) is 0 Å². The molecule has 2 atom stereocenters. The molecule has 1 rings (SSSR count). The minimum atomic E-state index is 0.419. The Morgan fingerprint density at radius 3 is 2.75 bits per heavy atom. The maximum atomic E-state index is 5.68. The zero-order chi connectivity index (χ0) is 12.0. The summed E-state index contributed by atoms with van der Waals surface area (Å²) in [6.45, 7) is 7.87. The summed E-state index contributed by atoms with van der Waals surface area (Å²) >= 11 is 0. The molecular formula is C13H22N2O. The number of nitrogens with two attached hydrogens (primary N) is 1. The smallest absolute Gasteiger partial charge is 0.137 e. The van der Waals surface area contributed by atoms with Gasteiger partial charge in [0.2, 0.25) is 0 Å². The highest BCUT2D eigenvalue weighted by molar-refractivity contribution is 5.26. The molecule has 0 bridgehead atoms. The Balaban J connectivity index is 2.73. The molecule has 0 radical (unpaired) electrons. The Morgan fingerprint density at radius 2 is 2.12 bits per heavy atom. The second-order valence-electron chi connectivity index (χ2n) is 4.30. The Bertz CT molecular complexity index is 315. The number of nitrogens with zero attached hydrogens (tertiary/aromatic N) is 1. The van der Waals surface area contributed by atoms with Crippen LogP contribution in [0.2, 0.25) is 0 Å². The Hall–Kier alpha value is -1.09. The van der Waals surface area contributed by atoms with Gasteiger partial charge in [0.1, 0.15) is 5.75 Å². The van der Waals surface area contributed by atoms with Crippen molar-refractivity contribution in [2.45, 2.75) is 33.1 Å². The fraction of sp³-hybridized carbons (Fsp3) is 0.615. The van der Waals surface area contributed by atoms with Crippen LogP contribution in [0.3, 0.4) is 0 Å². The molecule has 0 saturated carbocycles. The van der Waals surface area contributed by atoms with Gasteiger partial charge in [-0.15, -0.1) is 0 Å². The van der Waals surface area contributed by atoms with E-state index in [1.807, 2.05) is 6.20 Å². The van der Waals surface area contributed by atoms with E-state index in [1.54, 1.807) is 6.20 Å². The van der Waals surface area contributed by atoms with Crippen LogP contribution in [0.15, 0.2) is 18.5 Å². The van der Waals surface area contributed by atoms with Gasteiger partial charge in [-0.25, -0.2) is 0 Å². The van der Waals surface area contributed by atoms with Crippen molar-refractivity contribution in [1.29, 1.82) is 0 Å². The predicted octanol–water partition coefficient (Wildman–Crippen LogP) is 2.57. The molecule has 0 amide bonds. The van der Waals surface area contributed by atoms with Crippen molar-refractivity contribution in [1.82, 2.24) is 4.98 Å². The third-order valence-electron chi connectivity index (χ3n) is 2.96. The quantitative estimate of drug-likeness (QED) is 0.804. The van der Waals surface area contributed by atoms with Crippen molar-refractivity contribution in [3.63, 3.8) is 0 Å². The zero-order valence-corrected chi connectivity index (χ0v) is 10.4. The lowest BCUT2D eigenvalue weighted by Gasteiger charge is -2.18. The van der Waals surface area contributed by atoms with Gasteiger partial charge >= 0.3 is 0 Å². The molecule has 1 heterocycles. The standard InChI is InChI=1S/C13H22N2O/c1-4-5-16-13-6-12(8-15-9-13)11(3)10(2)7-14/h6,8-11H,4-5,7,14H2,1-3H3. The van der Waals surface area contributed by atoms with Gasteiger partial charge in [-0.3, -0.25) is 4.98 Å². The predicted molar refractivity (Wildman–Crippen MR) is 66.7 cm³/mol. The summed E-state index contributed by atoms with van der Waals surface area (Å²) in [5.74, 6) is 1.74. The summed E-state index contributed by atoms with van der Waals surface area (Å²) in [4.78, 5) is 4.21. The van der Waals surface area contributed by atoms with Crippen LogP contribution in [-0.4, -0.2) is 18.1 Å². The van der Waals surface area contributed by atoms with E-state index in [1.165, 1.54) is 5.56 Å². The first-order chi connectivity index (χ1) is 7.69. The molecule has 0 aliphatic carbocycles. The minimum absolute atomic E-state index is 0.419. The van der Waals surface area contributed by atoms with Crippen LogP contribution in [0.4, 0.5) is 0 Å². The lowest BCUT2D eigenvalue weighted by Crippen LogP contribution is -2.17. The van der Waals surface area contributed by atoms with Crippen molar-refractivity contribution in [2.75, 3.05) is 13.2 Å². The highest BCUT2D eigenvalue weighted by Gasteiger charge is 2.13. The van der Waals surface area contributed by atoms with Gasteiger partial charge < -0.3 is 10.5 Å². The Morgan fingerprint density at radius 1 is 1.38 bits per heavy atom. The van der Waals surface area contributed by atoms with E-state index in [0.717, 1.165) is 18.8 Å². The molecule has 1 aromatic heterocycles. The van der Waals surface area contributed by atoms with Crippen molar-refractivity contribution < 1.29 is 4.74 Å². The zero-order valence-electron chi connectivity index (χ0n) is 10.4. The molecule has 0 aliphatic heterocycles. The van der Waals surface area contributed by atoms with Crippen LogP contribution < -0.4 is 10.5 Å². The minimum Gasteiger partial charge on any atom is -0.492 e. The highest BCUT2D eigenvalue weighted by atomic mass is 16.5. The maximum absolute atomic E-state index is 5.68. The van der Waals surface area contributed by atoms with Crippen LogP contribution in [0.25, 0.3) is 0 Å². The monoisotopic (exact) mass is 222 g/mol. The van der Waals surface area contributed by atoms with Crippen LogP contribution in [0.1, 0.15) is 38.7 Å². The molecule has 16 heavy (non-hydrogen) atoms. The fourth-order valence-corrected chi connectivity index (χ4v) is 1.52. The number of pyridine rings is 1. The number of hydrogen-bond acceptors (Lipinski definition) is 3. The van der Waals surface area contributed by atoms with E-state index < -0.39 is 0 Å². The maximum Gasteiger partial charge on any atom is 0.137 e. The molecule has 3 heteroatoms. The van der Waals surface area contributed by atoms with Gasteiger partial charge in [0.25, 0.3) is 0 Å². The SMILES string of the molecule is CCCOc1cncc(C(C)C(C)CN)c1. The van der Waals surface area contributed by atoms with Crippen molar-refractivity contribution in [3.05, 3.63) is 24.0 Å². The lowest BCUT2D eigenvalue weighted by atomic mass is 9.90. The van der Waals surface area contributed by atoms with Gasteiger partial charge in [0.15, 0.2) is 0 Å². The van der Waals surface area contributed by atoms with E-state index in [-0.39, 0.29) is 0 Å². The van der Waals surface area contributed by atoms with E-state index >= 15 is 0 Å². The molecule has 90 valence electrons. The van der Waals surface area contributed by atoms with Crippen molar-refractivity contribution in [3.8, 4) is 5.75 Å². The molecule has 2 N–H and O–H groups in total. The highest BCUT2D eigenvalue weighted by Crippen LogP contribution is 2.25. The summed E-state index contributed by atoms with van der Waals surface area (Å²) in [6.07, 6.45) is 4.67. The molecule has 1 aromatic rings. The average Bonchev–Trinajstić information content (AvgIpc) is 2.34. The lowest BCUT2D eigenvalue weighted by molar-refractivity contribution is 0.315. The number of aromatic nitrogens is 1. The van der Waals surface area contributed by atoms with Crippen LogP contribution in [0, 0.1) is 5.92 Å². The van der Waals surface area contributed by atoms with E-state index in [9.17, 15) is 0 Å². The summed E-state index contributed by atoms with van der Waals surface area (Å²) in [5.41, 5.74) is 6.88. The molecule has 0 fully saturated rings. The second kappa shape index (κ2) is 6.48. The van der Waals surface area contributed by atoms with E-state index in [4.69, 9.17) is 10.5 Å². The first-order valence-corrected chi connectivity index (χ1v) is 5.96. The van der Waals surface area contributed by atoms with Crippen LogP contribution >= 0.6 is 0 Å². The van der Waals surface area contributed by atoms with Crippen molar-refractivity contribution in [2.24, 2.45) is 11.7 Å². The molecule has 0 aliphatic rings. The normalized spacial score (nSPS) is 14.5. The summed E-state index contributed by atoms with van der Waals surface area (Å²) in [7, 11) is 0. The van der Waals surface area contributed by atoms with E-state index in [2.05, 4.69) is 31.8 Å². The summed E-state index contributed by atoms with van der Waals surface area (Å²) in [6, 6.07) is 2.07. The molecule has 3 nitrogen and oxygen atoms in total. The summed E-state index contributed by atoms with van der Waals surface area (Å²) < 4.78 is 5.57. The molecule has 0 aromatic carbocycles. The average molecular weight is 222 g/mol. The van der Waals surface area contributed by atoms with Gasteiger partial charge in [-0.05, 0) is 36.4 Å². The largest absolute Gasteiger partial charge is 0.492 e. The Kier molecular flexibility index (Phi) is 5.26. The Labute approximate surface area is 98.0 Å². The summed E-state index contributed by atoms with van der Waals surface area (Å²) in [5, 5.41) is 0. The number of rotatable bonds is 6. The fourth-order valence-electron chi connectivity index (χ4n) is 1.52. The molecule has 0 saturated heterocycles. The van der Waals surface area contributed by atoms with Gasteiger partial charge in [0, 0.05) is 6.20 Å². The van der Waals surface area contributed by atoms with Gasteiger partial charge in [0.05, 0.1) is 12.8 Å². The second-order valence-corrected chi connectivity index (χ2v) is 4.30. The first-order valence-electron chi connectivity index (χ1n) is 5.96. The van der Waals surface area contributed by atoms with Crippen LogP contribution in [-0.2, 0) is 0 Å². The molecule has 2 unspecified atom stereocenters. The third-order valence-corrected chi connectivity index (χ3v) is 2.96. The third kappa shape index (κ3) is 3.49. The number of hydrogen-bond donors (Lipinski definition) is 1. The van der Waals surface area contributed by atoms with Crippen LogP contribution in [0.5, 0.6) is 5.75 Å². The van der Waals surface area contributed by atoms with E-state index in [0.29, 0.717) is 18.4 Å². The number of ether oxygens (including phenoxy) is 1.